The Labute approximate surface area is 294 Å². The maximum Gasteiger partial charge on any atom is 0.308 e. The van der Waals surface area contributed by atoms with Gasteiger partial charge in [0, 0.05) is 17.2 Å². The summed E-state index contributed by atoms with van der Waals surface area (Å²) in [5, 5.41) is 4.23. The van der Waals surface area contributed by atoms with Crippen LogP contribution >= 0.6 is 0 Å². The van der Waals surface area contributed by atoms with Crippen LogP contribution in [0.5, 0.6) is 0 Å². The molecular formula is C40H68N2O5S. The van der Waals surface area contributed by atoms with E-state index < -0.39 is 10.0 Å². The first-order valence-corrected chi connectivity index (χ1v) is 18.6. The van der Waals surface area contributed by atoms with Crippen molar-refractivity contribution in [2.24, 2.45) is 22.4 Å². The summed E-state index contributed by atoms with van der Waals surface area (Å²) in [5.74, 6) is 0.778. The molecule has 3 aliphatic rings. The molecule has 0 heterocycles. The molecule has 0 bridgehead atoms. The summed E-state index contributed by atoms with van der Waals surface area (Å²) < 4.78 is 30.0. The van der Waals surface area contributed by atoms with Gasteiger partial charge in [-0.2, -0.15) is 0 Å². The number of hydrogen-bond donors (Lipinski definition) is 1. The van der Waals surface area contributed by atoms with Gasteiger partial charge >= 0.3 is 5.97 Å². The van der Waals surface area contributed by atoms with E-state index in [0.717, 1.165) is 48.4 Å². The largest absolute Gasteiger partial charge is 0.462 e. The van der Waals surface area contributed by atoms with Crippen LogP contribution in [0.4, 0.5) is 0 Å². The molecule has 0 saturated heterocycles. The number of fused-ring (bicyclic) bond motifs is 3. The molecule has 274 valence electrons. The van der Waals surface area contributed by atoms with Gasteiger partial charge in [0.15, 0.2) is 0 Å². The fourth-order valence-electron chi connectivity index (χ4n) is 4.36. The highest BCUT2D eigenvalue weighted by Gasteiger charge is 2.35. The van der Waals surface area contributed by atoms with Crippen LogP contribution in [0.15, 0.2) is 53.7 Å². The molecule has 2 aromatic rings. The Hall–Kier alpha value is -2.71. The van der Waals surface area contributed by atoms with Crippen LogP contribution in [0, 0.1) is 17.3 Å². The number of esters is 1. The van der Waals surface area contributed by atoms with Crippen LogP contribution in [0.1, 0.15) is 141 Å². The van der Waals surface area contributed by atoms with Gasteiger partial charge in [0.25, 0.3) is 0 Å². The smallest absolute Gasteiger partial charge is 0.308 e. The zero-order valence-electron chi connectivity index (χ0n) is 30.2. The standard InChI is InChI=1S/C16H15NO.C9H16O2.C7H16.C6H13NO2S.2CH4/c1-11(2)18-17-16-14-9-5-3-7-12(14)13-8-4-6-10-15(13)16;1-7(2)9(10)11-8-5-3-4-6-8;1-6(2)7(3,4)5;1-5(2)7-10(8,9)6-3-4-6;;/h3-11H,1-2H3;7-8H,3-6H2,1-2H3;6H,1-5H3;5-7H,3-4H2,1-2H3;2*1H4. The Morgan fingerprint density at radius 3 is 1.52 bits per heavy atom. The molecule has 2 saturated carbocycles. The van der Waals surface area contributed by atoms with Crippen molar-refractivity contribution >= 4 is 21.7 Å². The van der Waals surface area contributed by atoms with Crippen LogP contribution in [-0.2, 0) is 24.4 Å². The number of nitrogens with zero attached hydrogens (tertiary/aromatic N) is 1. The molecular weight excluding hydrogens is 621 g/mol. The highest BCUT2D eigenvalue weighted by atomic mass is 32.2. The van der Waals surface area contributed by atoms with Crippen LogP contribution in [-0.4, -0.2) is 43.6 Å². The number of carbonyl (C=O) groups is 1. The number of hydrogen-bond acceptors (Lipinski definition) is 6. The van der Waals surface area contributed by atoms with E-state index in [9.17, 15) is 13.2 Å². The molecule has 2 fully saturated rings. The number of rotatable bonds is 7. The van der Waals surface area contributed by atoms with E-state index in [0.29, 0.717) is 5.41 Å². The number of nitrogens with one attached hydrogen (secondary N) is 1. The Bertz CT molecular complexity index is 1320. The number of carbonyl (C=O) groups excluding carboxylic acids is 1. The van der Waals surface area contributed by atoms with Crippen molar-refractivity contribution in [2.75, 3.05) is 0 Å². The zero-order valence-corrected chi connectivity index (χ0v) is 31.0. The Morgan fingerprint density at radius 2 is 1.19 bits per heavy atom. The monoisotopic (exact) mass is 688 g/mol. The second-order valence-electron chi connectivity index (χ2n) is 14.7. The van der Waals surface area contributed by atoms with Crippen molar-refractivity contribution in [3.63, 3.8) is 0 Å². The van der Waals surface area contributed by atoms with Gasteiger partial charge in [-0.25, -0.2) is 13.1 Å². The molecule has 0 aromatic heterocycles. The molecule has 0 unspecified atom stereocenters. The fraction of sp³-hybridized carbons (Fsp3) is 0.650. The zero-order chi connectivity index (χ0) is 34.7. The van der Waals surface area contributed by atoms with Crippen LogP contribution in [0.2, 0.25) is 0 Å². The van der Waals surface area contributed by atoms with Gasteiger partial charge in [-0.15, -0.1) is 0 Å². The van der Waals surface area contributed by atoms with Crippen molar-refractivity contribution in [1.82, 2.24) is 4.72 Å². The van der Waals surface area contributed by atoms with Gasteiger partial charge in [0.1, 0.15) is 17.9 Å². The fourth-order valence-corrected chi connectivity index (χ4v) is 5.97. The first-order valence-electron chi connectivity index (χ1n) is 17.1. The number of ether oxygens (including phenoxy) is 1. The van der Waals surface area contributed by atoms with Gasteiger partial charge in [-0.3, -0.25) is 4.79 Å². The molecule has 7 nitrogen and oxygen atoms in total. The maximum absolute atomic E-state index is 11.1. The summed E-state index contributed by atoms with van der Waals surface area (Å²) in [6.45, 7) is 22.7. The first kappa shape index (κ1) is 45.3. The SMILES string of the molecule is C.C.CC(C)C(=O)OC1CCCC1.CC(C)C(C)(C)C.CC(C)NS(=O)(=O)C1CC1.CC(C)ON=C1c2ccccc2-c2ccccc21. The van der Waals surface area contributed by atoms with E-state index in [2.05, 4.69) is 80.9 Å². The summed E-state index contributed by atoms with van der Waals surface area (Å²) in [6, 6.07) is 16.7. The lowest BCUT2D eigenvalue weighted by atomic mass is 9.84. The lowest BCUT2D eigenvalue weighted by molar-refractivity contribution is -0.152. The third kappa shape index (κ3) is 15.2. The minimum absolute atomic E-state index is 0. The topological polar surface area (TPSA) is 94.1 Å². The lowest BCUT2D eigenvalue weighted by Crippen LogP contribution is -2.32. The number of oxime groups is 1. The minimum Gasteiger partial charge on any atom is -0.462 e. The molecule has 0 aliphatic heterocycles. The van der Waals surface area contributed by atoms with E-state index >= 15 is 0 Å². The molecule has 0 spiro atoms. The predicted octanol–water partition coefficient (Wildman–Crippen LogP) is 10.4. The van der Waals surface area contributed by atoms with Crippen molar-refractivity contribution in [1.29, 1.82) is 0 Å². The summed E-state index contributed by atoms with van der Waals surface area (Å²) in [4.78, 5) is 16.5. The molecule has 5 rings (SSSR count). The average Bonchev–Trinajstić information content (AvgIpc) is 3.63. The third-order valence-corrected chi connectivity index (χ3v) is 10.3. The second kappa shape index (κ2) is 20.7. The molecule has 1 N–H and O–H groups in total. The lowest BCUT2D eigenvalue weighted by Gasteiger charge is -2.22. The van der Waals surface area contributed by atoms with E-state index in [-0.39, 0.29) is 50.2 Å². The van der Waals surface area contributed by atoms with Crippen molar-refractivity contribution in [3.05, 3.63) is 59.7 Å². The van der Waals surface area contributed by atoms with Crippen LogP contribution in [0.3, 0.4) is 0 Å². The number of benzene rings is 2. The maximum atomic E-state index is 11.1. The highest BCUT2D eigenvalue weighted by molar-refractivity contribution is 7.90. The molecule has 48 heavy (non-hydrogen) atoms. The van der Waals surface area contributed by atoms with E-state index in [1.165, 1.54) is 24.0 Å². The molecule has 8 heteroatoms. The normalized spacial score (nSPS) is 15.0. The van der Waals surface area contributed by atoms with E-state index in [1.54, 1.807) is 0 Å². The summed E-state index contributed by atoms with van der Waals surface area (Å²) in [6.07, 6.45) is 6.56. The Morgan fingerprint density at radius 1 is 0.771 bits per heavy atom. The van der Waals surface area contributed by atoms with Crippen molar-refractivity contribution < 1.29 is 22.8 Å². The van der Waals surface area contributed by atoms with Gasteiger partial charge < -0.3 is 9.57 Å². The summed E-state index contributed by atoms with van der Waals surface area (Å²) in [5.41, 5.74) is 6.21. The average molecular weight is 689 g/mol. The van der Waals surface area contributed by atoms with Gasteiger partial charge in [0.05, 0.1) is 11.2 Å². The summed E-state index contributed by atoms with van der Waals surface area (Å²) >= 11 is 0. The first-order chi connectivity index (χ1) is 21.4. The van der Waals surface area contributed by atoms with E-state index in [1.807, 2.05) is 53.7 Å². The Kier molecular flexibility index (Phi) is 19.6. The molecule has 0 radical (unpaired) electrons. The third-order valence-electron chi connectivity index (χ3n) is 8.16. The van der Waals surface area contributed by atoms with Crippen molar-refractivity contribution in [3.8, 4) is 11.1 Å². The summed E-state index contributed by atoms with van der Waals surface area (Å²) in [7, 11) is -2.94. The predicted molar refractivity (Wildman–Crippen MR) is 205 cm³/mol. The Balaban J connectivity index is 0.000000646. The van der Waals surface area contributed by atoms with Crippen molar-refractivity contribution in [2.45, 2.75) is 153 Å². The highest BCUT2D eigenvalue weighted by Crippen LogP contribution is 2.36. The van der Waals surface area contributed by atoms with Gasteiger partial charge in [0.2, 0.25) is 10.0 Å². The minimum atomic E-state index is -2.94. The van der Waals surface area contributed by atoms with Gasteiger partial charge in [-0.1, -0.05) is 117 Å². The number of sulfonamides is 1. The van der Waals surface area contributed by atoms with Crippen LogP contribution < -0.4 is 4.72 Å². The molecule has 0 atom stereocenters. The molecule has 3 aliphatic carbocycles. The molecule has 0 amide bonds. The van der Waals surface area contributed by atoms with E-state index in [4.69, 9.17) is 9.57 Å². The quantitative estimate of drug-likeness (QED) is 0.197. The second-order valence-corrected chi connectivity index (χ2v) is 16.7. The van der Waals surface area contributed by atoms with Crippen LogP contribution in [0.25, 0.3) is 11.1 Å². The van der Waals surface area contributed by atoms with Gasteiger partial charge in [-0.05, 0) is 88.7 Å². The molecule has 2 aromatic carbocycles.